The topological polar surface area (TPSA) is 20.2 Å². The van der Waals surface area contributed by atoms with Crippen molar-refractivity contribution in [2.45, 2.75) is 31.6 Å². The Bertz CT molecular complexity index is 324. The number of phenolic OH excluding ortho intramolecular Hbond substituents is 1. The smallest absolute Gasteiger partial charge is 0.115 e. The van der Waals surface area contributed by atoms with Crippen molar-refractivity contribution in [1.29, 1.82) is 0 Å². The van der Waals surface area contributed by atoms with Crippen LogP contribution in [0.25, 0.3) is 0 Å². The van der Waals surface area contributed by atoms with Crippen LogP contribution in [-0.2, 0) is 0 Å². The standard InChI is InChI=1S/C13H17IO/c14-9-11-4-1-2-7-13(11)10-5-3-6-12(15)8-10/h3,5-6,8,11,13,15H,1-2,4,7,9H2/t11-,13-/m1/s1. The summed E-state index contributed by atoms with van der Waals surface area (Å²) in [5, 5.41) is 9.50. The predicted octanol–water partition coefficient (Wildman–Crippen LogP) is 4.10. The highest BCUT2D eigenvalue weighted by Gasteiger charge is 2.25. The molecule has 2 heteroatoms. The molecule has 0 amide bonds. The fraction of sp³-hybridized carbons (Fsp3) is 0.538. The molecule has 0 saturated heterocycles. The number of rotatable bonds is 2. The molecule has 1 aliphatic rings. The number of aromatic hydroxyl groups is 1. The van der Waals surface area contributed by atoms with Gasteiger partial charge in [0.15, 0.2) is 0 Å². The van der Waals surface area contributed by atoms with Gasteiger partial charge in [-0.1, -0.05) is 47.6 Å². The minimum Gasteiger partial charge on any atom is -0.508 e. The fourth-order valence-corrected chi connectivity index (χ4v) is 3.64. The third-order valence-corrected chi connectivity index (χ3v) is 4.54. The molecule has 0 spiro atoms. The van der Waals surface area contributed by atoms with Crippen LogP contribution in [0.3, 0.4) is 0 Å². The lowest BCUT2D eigenvalue weighted by Gasteiger charge is -2.30. The van der Waals surface area contributed by atoms with E-state index in [0.717, 1.165) is 5.92 Å². The second-order valence-corrected chi connectivity index (χ2v) is 5.28. The van der Waals surface area contributed by atoms with Gasteiger partial charge in [0.05, 0.1) is 0 Å². The van der Waals surface area contributed by atoms with Crippen LogP contribution in [0.5, 0.6) is 5.75 Å². The van der Waals surface area contributed by atoms with E-state index in [2.05, 4.69) is 28.7 Å². The molecule has 0 aromatic heterocycles. The van der Waals surface area contributed by atoms with E-state index in [1.807, 2.05) is 12.1 Å². The average molecular weight is 316 g/mol. The lowest BCUT2D eigenvalue weighted by Crippen LogP contribution is -2.18. The summed E-state index contributed by atoms with van der Waals surface area (Å²) in [6.45, 7) is 0. The van der Waals surface area contributed by atoms with Crippen molar-refractivity contribution in [2.24, 2.45) is 5.92 Å². The fourth-order valence-electron chi connectivity index (χ4n) is 2.59. The molecular weight excluding hydrogens is 299 g/mol. The largest absolute Gasteiger partial charge is 0.508 e. The molecule has 1 nitrogen and oxygen atoms in total. The van der Waals surface area contributed by atoms with Gasteiger partial charge >= 0.3 is 0 Å². The quantitative estimate of drug-likeness (QED) is 0.643. The zero-order valence-electron chi connectivity index (χ0n) is 8.82. The molecule has 1 aromatic rings. The van der Waals surface area contributed by atoms with E-state index in [1.54, 1.807) is 6.07 Å². The van der Waals surface area contributed by atoms with Gasteiger partial charge in [0, 0.05) is 4.43 Å². The van der Waals surface area contributed by atoms with Gasteiger partial charge in [-0.3, -0.25) is 0 Å². The Hall–Kier alpha value is -0.250. The van der Waals surface area contributed by atoms with Crippen LogP contribution >= 0.6 is 22.6 Å². The second kappa shape index (κ2) is 5.19. The monoisotopic (exact) mass is 316 g/mol. The van der Waals surface area contributed by atoms with E-state index in [4.69, 9.17) is 0 Å². The molecule has 15 heavy (non-hydrogen) atoms. The summed E-state index contributed by atoms with van der Waals surface area (Å²) in [7, 11) is 0. The SMILES string of the molecule is Oc1cccc([C@H]2CCCC[C@@H]2CI)c1. The van der Waals surface area contributed by atoms with Crippen molar-refractivity contribution in [3.63, 3.8) is 0 Å². The third-order valence-electron chi connectivity index (χ3n) is 3.41. The number of hydrogen-bond acceptors (Lipinski definition) is 1. The summed E-state index contributed by atoms with van der Waals surface area (Å²) >= 11 is 2.49. The summed E-state index contributed by atoms with van der Waals surface area (Å²) in [6.07, 6.45) is 5.36. The van der Waals surface area contributed by atoms with Gasteiger partial charge in [0.2, 0.25) is 0 Å². The van der Waals surface area contributed by atoms with Crippen molar-refractivity contribution in [3.8, 4) is 5.75 Å². The Labute approximate surface area is 105 Å². The number of phenols is 1. The molecule has 0 aliphatic heterocycles. The molecular formula is C13H17IO. The number of hydrogen-bond donors (Lipinski definition) is 1. The minimum atomic E-state index is 0.408. The maximum Gasteiger partial charge on any atom is 0.115 e. The molecule has 1 saturated carbocycles. The maximum atomic E-state index is 9.50. The Kier molecular flexibility index (Phi) is 3.89. The highest BCUT2D eigenvalue weighted by atomic mass is 127. The first kappa shape index (κ1) is 11.2. The lowest BCUT2D eigenvalue weighted by molar-refractivity contribution is 0.338. The van der Waals surface area contributed by atoms with Crippen LogP contribution in [0, 0.1) is 5.92 Å². The molecule has 0 radical (unpaired) electrons. The highest BCUT2D eigenvalue weighted by Crippen LogP contribution is 2.39. The summed E-state index contributed by atoms with van der Waals surface area (Å²) in [5.41, 5.74) is 1.33. The number of benzene rings is 1. The molecule has 0 bridgehead atoms. The Morgan fingerprint density at radius 3 is 2.80 bits per heavy atom. The highest BCUT2D eigenvalue weighted by molar-refractivity contribution is 14.1. The Morgan fingerprint density at radius 1 is 1.27 bits per heavy atom. The molecule has 0 heterocycles. The molecule has 1 aliphatic carbocycles. The first-order valence-corrected chi connectivity index (χ1v) is 7.18. The Balaban J connectivity index is 2.20. The van der Waals surface area contributed by atoms with Crippen LogP contribution in [-0.4, -0.2) is 9.53 Å². The van der Waals surface area contributed by atoms with Crippen LogP contribution in [0.15, 0.2) is 24.3 Å². The van der Waals surface area contributed by atoms with E-state index in [0.29, 0.717) is 11.7 Å². The first-order valence-electron chi connectivity index (χ1n) is 5.66. The van der Waals surface area contributed by atoms with Crippen molar-refractivity contribution in [2.75, 3.05) is 4.43 Å². The van der Waals surface area contributed by atoms with E-state index in [9.17, 15) is 5.11 Å². The van der Waals surface area contributed by atoms with Crippen LogP contribution in [0.1, 0.15) is 37.2 Å². The summed E-state index contributed by atoms with van der Waals surface area (Å²) in [5.74, 6) is 1.88. The van der Waals surface area contributed by atoms with Gasteiger partial charge in [-0.15, -0.1) is 0 Å². The van der Waals surface area contributed by atoms with Gasteiger partial charge in [0.25, 0.3) is 0 Å². The first-order chi connectivity index (χ1) is 7.31. The number of alkyl halides is 1. The van der Waals surface area contributed by atoms with Gasteiger partial charge in [0.1, 0.15) is 5.75 Å². The molecule has 1 N–H and O–H groups in total. The third kappa shape index (κ3) is 2.65. The number of halogens is 1. The van der Waals surface area contributed by atoms with E-state index >= 15 is 0 Å². The zero-order chi connectivity index (χ0) is 10.7. The van der Waals surface area contributed by atoms with Crippen molar-refractivity contribution < 1.29 is 5.11 Å². The molecule has 1 fully saturated rings. The normalized spacial score (nSPS) is 26.5. The maximum absolute atomic E-state index is 9.50. The van der Waals surface area contributed by atoms with E-state index in [-0.39, 0.29) is 0 Å². The zero-order valence-corrected chi connectivity index (χ0v) is 11.0. The van der Waals surface area contributed by atoms with Crippen molar-refractivity contribution in [1.82, 2.24) is 0 Å². The van der Waals surface area contributed by atoms with Crippen LogP contribution in [0.4, 0.5) is 0 Å². The van der Waals surface area contributed by atoms with Crippen molar-refractivity contribution >= 4 is 22.6 Å². The molecule has 82 valence electrons. The molecule has 1 aromatic carbocycles. The molecule has 2 atom stereocenters. The minimum absolute atomic E-state index is 0.408. The van der Waals surface area contributed by atoms with E-state index in [1.165, 1.54) is 35.7 Å². The summed E-state index contributed by atoms with van der Waals surface area (Å²) < 4.78 is 1.23. The predicted molar refractivity (Wildman–Crippen MR) is 71.7 cm³/mol. The van der Waals surface area contributed by atoms with Crippen molar-refractivity contribution in [3.05, 3.63) is 29.8 Å². The lowest BCUT2D eigenvalue weighted by atomic mass is 9.76. The van der Waals surface area contributed by atoms with Crippen LogP contribution in [0.2, 0.25) is 0 Å². The Morgan fingerprint density at radius 2 is 2.07 bits per heavy atom. The van der Waals surface area contributed by atoms with Gasteiger partial charge in [-0.2, -0.15) is 0 Å². The second-order valence-electron chi connectivity index (χ2n) is 4.40. The van der Waals surface area contributed by atoms with Gasteiger partial charge in [-0.25, -0.2) is 0 Å². The summed E-state index contributed by atoms with van der Waals surface area (Å²) in [4.78, 5) is 0. The summed E-state index contributed by atoms with van der Waals surface area (Å²) in [6, 6.07) is 7.82. The van der Waals surface area contributed by atoms with Gasteiger partial charge < -0.3 is 5.11 Å². The average Bonchev–Trinajstić information content (AvgIpc) is 2.29. The van der Waals surface area contributed by atoms with Crippen LogP contribution < -0.4 is 0 Å². The van der Waals surface area contributed by atoms with Gasteiger partial charge in [-0.05, 0) is 42.4 Å². The molecule has 0 unspecified atom stereocenters. The molecule has 2 rings (SSSR count). The van der Waals surface area contributed by atoms with E-state index < -0.39 is 0 Å².